The topological polar surface area (TPSA) is 15.3 Å². The van der Waals surface area contributed by atoms with Crippen LogP contribution in [0.5, 0.6) is 0 Å². The van der Waals surface area contributed by atoms with Crippen LogP contribution < -0.4 is 10.2 Å². The molecule has 0 aliphatic rings. The van der Waals surface area contributed by atoms with Gasteiger partial charge in [0.2, 0.25) is 0 Å². The molecule has 0 bridgehead atoms. The molecule has 0 aromatic heterocycles. The fraction of sp³-hybridized carbons (Fsp3) is 0.294. The molecule has 0 fully saturated rings. The maximum Gasteiger partial charge on any atom is 0.0426 e. The molecular formula is C17H21BrN2. The van der Waals surface area contributed by atoms with E-state index in [0.717, 1.165) is 24.1 Å². The predicted molar refractivity (Wildman–Crippen MR) is 90.1 cm³/mol. The second-order valence-corrected chi connectivity index (χ2v) is 5.81. The molecule has 20 heavy (non-hydrogen) atoms. The third-order valence-corrected chi connectivity index (χ3v) is 3.78. The lowest BCUT2D eigenvalue weighted by Gasteiger charge is -2.23. The van der Waals surface area contributed by atoms with Crippen molar-refractivity contribution < 1.29 is 0 Å². The van der Waals surface area contributed by atoms with Crippen molar-refractivity contribution in [1.29, 1.82) is 0 Å². The summed E-state index contributed by atoms with van der Waals surface area (Å²) in [6, 6.07) is 17.0. The average molecular weight is 333 g/mol. The van der Waals surface area contributed by atoms with Crippen molar-refractivity contribution in [2.75, 3.05) is 18.5 Å². The maximum absolute atomic E-state index is 3.57. The van der Waals surface area contributed by atoms with Crippen LogP contribution in [0.15, 0.2) is 53.0 Å². The summed E-state index contributed by atoms with van der Waals surface area (Å²) in [4.78, 5) is 2.30. The van der Waals surface area contributed by atoms with Gasteiger partial charge in [-0.2, -0.15) is 0 Å². The Hall–Kier alpha value is -1.32. The number of benzene rings is 2. The third kappa shape index (κ3) is 4.09. The lowest BCUT2D eigenvalue weighted by atomic mass is 10.1. The second-order valence-electron chi connectivity index (χ2n) is 4.90. The van der Waals surface area contributed by atoms with Gasteiger partial charge in [0.25, 0.3) is 0 Å². The molecule has 0 aliphatic heterocycles. The molecule has 0 heterocycles. The zero-order chi connectivity index (χ0) is 14.4. The molecule has 2 nitrogen and oxygen atoms in total. The van der Waals surface area contributed by atoms with Gasteiger partial charge in [-0.15, -0.1) is 0 Å². The summed E-state index contributed by atoms with van der Waals surface area (Å²) in [5, 5.41) is 3.40. The number of hydrogen-bond acceptors (Lipinski definition) is 2. The smallest absolute Gasteiger partial charge is 0.0426 e. The van der Waals surface area contributed by atoms with E-state index in [1.807, 2.05) is 0 Å². The van der Waals surface area contributed by atoms with Gasteiger partial charge >= 0.3 is 0 Å². The molecule has 0 radical (unpaired) electrons. The summed E-state index contributed by atoms with van der Waals surface area (Å²) in [5.41, 5.74) is 3.92. The van der Waals surface area contributed by atoms with E-state index in [4.69, 9.17) is 0 Å². The van der Waals surface area contributed by atoms with E-state index in [-0.39, 0.29) is 0 Å². The number of halogens is 1. The number of hydrogen-bond donors (Lipinski definition) is 1. The molecule has 1 N–H and O–H groups in total. The molecule has 0 amide bonds. The minimum atomic E-state index is 0.901. The van der Waals surface area contributed by atoms with E-state index in [9.17, 15) is 0 Å². The van der Waals surface area contributed by atoms with Crippen LogP contribution in [0.4, 0.5) is 5.69 Å². The highest BCUT2D eigenvalue weighted by atomic mass is 79.9. The van der Waals surface area contributed by atoms with Gasteiger partial charge in [-0.05, 0) is 29.8 Å². The fourth-order valence-electron chi connectivity index (χ4n) is 2.24. The molecule has 0 atom stereocenters. The molecular weight excluding hydrogens is 312 g/mol. The Labute approximate surface area is 129 Å². The van der Waals surface area contributed by atoms with Gasteiger partial charge in [0.1, 0.15) is 0 Å². The maximum atomic E-state index is 3.57. The number of nitrogens with one attached hydrogen (secondary N) is 1. The van der Waals surface area contributed by atoms with Gasteiger partial charge in [0.05, 0.1) is 0 Å². The van der Waals surface area contributed by atoms with E-state index < -0.39 is 0 Å². The SMILES string of the molecule is CCNCc1ccc(Br)cc1N(C)Cc1ccccc1. The summed E-state index contributed by atoms with van der Waals surface area (Å²) in [6.07, 6.45) is 0. The Morgan fingerprint density at radius 3 is 2.55 bits per heavy atom. The summed E-state index contributed by atoms with van der Waals surface area (Å²) < 4.78 is 1.12. The van der Waals surface area contributed by atoms with Gasteiger partial charge in [0, 0.05) is 30.3 Å². The highest BCUT2D eigenvalue weighted by Crippen LogP contribution is 2.25. The Kier molecular flexibility index (Phi) is 5.62. The zero-order valence-electron chi connectivity index (χ0n) is 12.1. The molecule has 0 saturated heterocycles. The fourth-order valence-corrected chi connectivity index (χ4v) is 2.59. The summed E-state index contributed by atoms with van der Waals surface area (Å²) >= 11 is 3.57. The monoisotopic (exact) mass is 332 g/mol. The van der Waals surface area contributed by atoms with Gasteiger partial charge in [-0.25, -0.2) is 0 Å². The van der Waals surface area contributed by atoms with Crippen LogP contribution in [0.3, 0.4) is 0 Å². The first-order chi connectivity index (χ1) is 9.70. The molecule has 2 aromatic rings. The molecule has 0 spiro atoms. The van der Waals surface area contributed by atoms with Crippen molar-refractivity contribution in [2.24, 2.45) is 0 Å². The normalized spacial score (nSPS) is 10.6. The molecule has 0 aliphatic carbocycles. The van der Waals surface area contributed by atoms with Crippen LogP contribution >= 0.6 is 15.9 Å². The number of nitrogens with zero attached hydrogens (tertiary/aromatic N) is 1. The second kappa shape index (κ2) is 7.46. The minimum absolute atomic E-state index is 0.901. The lowest BCUT2D eigenvalue weighted by molar-refractivity contribution is 0.723. The molecule has 3 heteroatoms. The van der Waals surface area contributed by atoms with Crippen LogP contribution in [0.25, 0.3) is 0 Å². The largest absolute Gasteiger partial charge is 0.370 e. The van der Waals surface area contributed by atoms with Crippen molar-refractivity contribution >= 4 is 21.6 Å². The molecule has 0 unspecified atom stereocenters. The van der Waals surface area contributed by atoms with Crippen LogP contribution in [0.2, 0.25) is 0 Å². The predicted octanol–water partition coefficient (Wildman–Crippen LogP) is 4.20. The molecule has 0 saturated carbocycles. The Morgan fingerprint density at radius 2 is 1.85 bits per heavy atom. The first kappa shape index (κ1) is 15.1. The number of rotatable bonds is 6. The Bertz CT molecular complexity index is 540. The summed E-state index contributed by atoms with van der Waals surface area (Å²) in [7, 11) is 2.14. The Balaban J connectivity index is 2.19. The molecule has 2 rings (SSSR count). The van der Waals surface area contributed by atoms with Crippen molar-refractivity contribution in [3.63, 3.8) is 0 Å². The van der Waals surface area contributed by atoms with E-state index in [1.165, 1.54) is 16.8 Å². The summed E-state index contributed by atoms with van der Waals surface area (Å²) in [6.45, 7) is 4.93. The Morgan fingerprint density at radius 1 is 1.10 bits per heavy atom. The zero-order valence-corrected chi connectivity index (χ0v) is 13.7. The van der Waals surface area contributed by atoms with Crippen molar-refractivity contribution in [3.8, 4) is 0 Å². The van der Waals surface area contributed by atoms with Gasteiger partial charge in [0.15, 0.2) is 0 Å². The molecule has 2 aromatic carbocycles. The van der Waals surface area contributed by atoms with E-state index in [0.29, 0.717) is 0 Å². The van der Waals surface area contributed by atoms with E-state index >= 15 is 0 Å². The summed E-state index contributed by atoms with van der Waals surface area (Å²) in [5.74, 6) is 0. The van der Waals surface area contributed by atoms with Crippen LogP contribution in [0.1, 0.15) is 18.1 Å². The van der Waals surface area contributed by atoms with Gasteiger partial charge in [-0.1, -0.05) is 59.3 Å². The first-order valence-corrected chi connectivity index (χ1v) is 7.74. The van der Waals surface area contributed by atoms with Crippen LogP contribution in [0, 0.1) is 0 Å². The third-order valence-electron chi connectivity index (χ3n) is 3.29. The van der Waals surface area contributed by atoms with Crippen molar-refractivity contribution in [3.05, 3.63) is 64.1 Å². The highest BCUT2D eigenvalue weighted by molar-refractivity contribution is 9.10. The quantitative estimate of drug-likeness (QED) is 0.852. The highest BCUT2D eigenvalue weighted by Gasteiger charge is 2.08. The van der Waals surface area contributed by atoms with E-state index in [2.05, 4.69) is 88.6 Å². The van der Waals surface area contributed by atoms with Crippen molar-refractivity contribution in [2.45, 2.75) is 20.0 Å². The average Bonchev–Trinajstić information content (AvgIpc) is 2.47. The minimum Gasteiger partial charge on any atom is -0.370 e. The van der Waals surface area contributed by atoms with Crippen LogP contribution in [-0.2, 0) is 13.1 Å². The standard InChI is InChI=1S/C17H21BrN2/c1-3-19-12-15-9-10-16(18)11-17(15)20(2)13-14-7-5-4-6-8-14/h4-11,19H,3,12-13H2,1-2H3. The lowest BCUT2D eigenvalue weighted by Crippen LogP contribution is -2.20. The molecule has 106 valence electrons. The van der Waals surface area contributed by atoms with Crippen molar-refractivity contribution in [1.82, 2.24) is 5.32 Å². The van der Waals surface area contributed by atoms with Gasteiger partial charge < -0.3 is 10.2 Å². The van der Waals surface area contributed by atoms with Crippen LogP contribution in [-0.4, -0.2) is 13.6 Å². The first-order valence-electron chi connectivity index (χ1n) is 6.95. The number of anilines is 1. The van der Waals surface area contributed by atoms with E-state index in [1.54, 1.807) is 0 Å². The van der Waals surface area contributed by atoms with Gasteiger partial charge in [-0.3, -0.25) is 0 Å².